The summed E-state index contributed by atoms with van der Waals surface area (Å²) >= 11 is 0. The summed E-state index contributed by atoms with van der Waals surface area (Å²) in [6, 6.07) is 11.8. The number of carbonyl (C=O) groups is 1. The van der Waals surface area contributed by atoms with Gasteiger partial charge in [0.2, 0.25) is 0 Å². The van der Waals surface area contributed by atoms with E-state index < -0.39 is 0 Å². The Morgan fingerprint density at radius 1 is 1.20 bits per heavy atom. The number of hydrogen-bond acceptors (Lipinski definition) is 4. The Hall–Kier alpha value is -2.11. The zero-order valence-electron chi connectivity index (χ0n) is 14.3. The molecule has 136 valence electrons. The molecular weight excluding hydrogens is 345 g/mol. The van der Waals surface area contributed by atoms with Gasteiger partial charge in [0.05, 0.1) is 20.1 Å². The van der Waals surface area contributed by atoms with Crippen LogP contribution in [0, 0.1) is 5.82 Å². The van der Waals surface area contributed by atoms with Crippen molar-refractivity contribution in [3.63, 3.8) is 0 Å². The third-order valence-corrected chi connectivity index (χ3v) is 3.66. The van der Waals surface area contributed by atoms with Crippen LogP contribution in [0.4, 0.5) is 4.39 Å². The fourth-order valence-corrected chi connectivity index (χ4v) is 2.54. The zero-order chi connectivity index (χ0) is 17.5. The number of benzene rings is 2. The lowest BCUT2D eigenvalue weighted by atomic mass is 9.99. The molecule has 2 aromatic rings. The smallest absolute Gasteiger partial charge is 0.307 e. The van der Waals surface area contributed by atoms with Gasteiger partial charge in [-0.25, -0.2) is 4.39 Å². The Morgan fingerprint density at radius 3 is 2.48 bits per heavy atom. The van der Waals surface area contributed by atoms with Crippen LogP contribution in [-0.2, 0) is 16.0 Å². The molecule has 25 heavy (non-hydrogen) atoms. The quantitative estimate of drug-likeness (QED) is 0.757. The molecule has 1 atom stereocenters. The van der Waals surface area contributed by atoms with Crippen LogP contribution in [-0.4, -0.2) is 25.7 Å². The summed E-state index contributed by atoms with van der Waals surface area (Å²) in [6.45, 7) is 2.12. The third-order valence-electron chi connectivity index (χ3n) is 3.66. The Kier molecular flexibility index (Phi) is 8.38. The molecular formula is C19H23ClFNO3. The van der Waals surface area contributed by atoms with Gasteiger partial charge in [-0.15, -0.1) is 12.4 Å². The van der Waals surface area contributed by atoms with E-state index in [9.17, 15) is 9.18 Å². The summed E-state index contributed by atoms with van der Waals surface area (Å²) in [5.74, 6) is 0.0145. The fraction of sp³-hybridized carbons (Fsp3) is 0.316. The highest BCUT2D eigenvalue weighted by Crippen LogP contribution is 2.30. The lowest BCUT2D eigenvalue weighted by Crippen LogP contribution is -2.27. The molecule has 1 unspecified atom stereocenters. The van der Waals surface area contributed by atoms with E-state index >= 15 is 0 Å². The summed E-state index contributed by atoms with van der Waals surface area (Å²) < 4.78 is 23.7. The van der Waals surface area contributed by atoms with E-state index in [1.165, 1.54) is 12.1 Å². The Labute approximate surface area is 153 Å². The topological polar surface area (TPSA) is 61.5 Å². The molecule has 0 spiro atoms. The number of halogens is 2. The zero-order valence-corrected chi connectivity index (χ0v) is 15.1. The standard InChI is InChI=1S/C19H22FNO3.ClH/c1-3-24-19(22)12-16(21)10-13-4-6-14(7-5-13)17-11-15(20)8-9-18(17)23-2;/h4-9,11,16H,3,10,12,21H2,1-2H3;1H. The third kappa shape index (κ3) is 6.03. The molecule has 0 fully saturated rings. The van der Waals surface area contributed by atoms with E-state index in [1.807, 2.05) is 24.3 Å². The van der Waals surface area contributed by atoms with Crippen molar-refractivity contribution in [2.24, 2.45) is 5.73 Å². The van der Waals surface area contributed by atoms with Gasteiger partial charge in [0.25, 0.3) is 0 Å². The normalized spacial score (nSPS) is 11.4. The molecule has 2 aromatic carbocycles. The molecule has 0 heterocycles. The first-order valence-corrected chi connectivity index (χ1v) is 7.87. The Bertz CT molecular complexity index is 692. The molecule has 4 nitrogen and oxygen atoms in total. The molecule has 0 aliphatic rings. The highest BCUT2D eigenvalue weighted by atomic mass is 35.5. The van der Waals surface area contributed by atoms with Gasteiger partial charge in [-0.3, -0.25) is 4.79 Å². The minimum absolute atomic E-state index is 0. The molecule has 0 saturated carbocycles. The molecule has 0 aliphatic heterocycles. The van der Waals surface area contributed by atoms with Crippen LogP contribution in [0.15, 0.2) is 42.5 Å². The second-order valence-corrected chi connectivity index (χ2v) is 5.51. The monoisotopic (exact) mass is 367 g/mol. The van der Waals surface area contributed by atoms with Crippen molar-refractivity contribution in [3.05, 3.63) is 53.8 Å². The second-order valence-electron chi connectivity index (χ2n) is 5.51. The number of esters is 1. The van der Waals surface area contributed by atoms with Crippen molar-refractivity contribution in [2.75, 3.05) is 13.7 Å². The number of ether oxygens (including phenoxy) is 2. The molecule has 0 radical (unpaired) electrons. The van der Waals surface area contributed by atoms with Gasteiger partial charge < -0.3 is 15.2 Å². The van der Waals surface area contributed by atoms with E-state index in [1.54, 1.807) is 20.1 Å². The molecule has 0 bridgehead atoms. The van der Waals surface area contributed by atoms with Gasteiger partial charge in [-0.05, 0) is 42.7 Å². The number of hydrogen-bond donors (Lipinski definition) is 1. The number of rotatable bonds is 7. The van der Waals surface area contributed by atoms with E-state index in [2.05, 4.69) is 0 Å². The average Bonchev–Trinajstić information content (AvgIpc) is 2.55. The highest BCUT2D eigenvalue weighted by Gasteiger charge is 2.12. The highest BCUT2D eigenvalue weighted by molar-refractivity contribution is 5.85. The van der Waals surface area contributed by atoms with Crippen LogP contribution in [0.25, 0.3) is 11.1 Å². The van der Waals surface area contributed by atoms with Gasteiger partial charge in [0.15, 0.2) is 0 Å². The first-order chi connectivity index (χ1) is 11.5. The maximum atomic E-state index is 13.5. The summed E-state index contributed by atoms with van der Waals surface area (Å²) in [4.78, 5) is 11.4. The molecule has 2 N–H and O–H groups in total. The van der Waals surface area contributed by atoms with Crippen molar-refractivity contribution >= 4 is 18.4 Å². The van der Waals surface area contributed by atoms with Crippen molar-refractivity contribution < 1.29 is 18.7 Å². The average molecular weight is 368 g/mol. The maximum absolute atomic E-state index is 13.5. The van der Waals surface area contributed by atoms with Crippen molar-refractivity contribution in [1.82, 2.24) is 0 Å². The molecule has 0 saturated heterocycles. The lowest BCUT2D eigenvalue weighted by molar-refractivity contribution is -0.143. The molecule has 0 aromatic heterocycles. The van der Waals surface area contributed by atoms with Crippen molar-refractivity contribution in [2.45, 2.75) is 25.8 Å². The van der Waals surface area contributed by atoms with Gasteiger partial charge >= 0.3 is 5.97 Å². The molecule has 0 aliphatic carbocycles. The Morgan fingerprint density at radius 2 is 1.88 bits per heavy atom. The van der Waals surface area contributed by atoms with Crippen LogP contribution in [0.5, 0.6) is 5.75 Å². The maximum Gasteiger partial charge on any atom is 0.307 e. The van der Waals surface area contributed by atoms with E-state index in [0.717, 1.165) is 11.1 Å². The van der Waals surface area contributed by atoms with Gasteiger partial charge in [-0.2, -0.15) is 0 Å². The number of methoxy groups -OCH3 is 1. The number of nitrogens with two attached hydrogens (primary N) is 1. The van der Waals surface area contributed by atoms with E-state index in [-0.39, 0.29) is 36.7 Å². The van der Waals surface area contributed by atoms with Crippen LogP contribution >= 0.6 is 12.4 Å². The van der Waals surface area contributed by atoms with E-state index in [0.29, 0.717) is 24.3 Å². The molecule has 2 rings (SSSR count). The van der Waals surface area contributed by atoms with Crippen molar-refractivity contribution in [1.29, 1.82) is 0 Å². The summed E-state index contributed by atoms with van der Waals surface area (Å²) in [5.41, 5.74) is 8.54. The van der Waals surface area contributed by atoms with E-state index in [4.69, 9.17) is 15.2 Å². The SMILES string of the molecule is CCOC(=O)CC(N)Cc1ccc(-c2cc(F)ccc2OC)cc1.Cl. The predicted molar refractivity (Wildman–Crippen MR) is 98.6 cm³/mol. The second kappa shape index (κ2) is 10.0. The fourth-order valence-electron chi connectivity index (χ4n) is 2.54. The lowest BCUT2D eigenvalue weighted by Gasteiger charge is -2.12. The van der Waals surface area contributed by atoms with Crippen LogP contribution in [0.3, 0.4) is 0 Å². The first kappa shape index (κ1) is 20.9. The minimum Gasteiger partial charge on any atom is -0.496 e. The largest absolute Gasteiger partial charge is 0.496 e. The first-order valence-electron chi connectivity index (χ1n) is 7.87. The van der Waals surface area contributed by atoms with Crippen LogP contribution < -0.4 is 10.5 Å². The Balaban J connectivity index is 0.00000312. The van der Waals surface area contributed by atoms with Gasteiger partial charge in [-0.1, -0.05) is 24.3 Å². The summed E-state index contributed by atoms with van der Waals surface area (Å²) in [6.07, 6.45) is 0.757. The number of carbonyl (C=O) groups excluding carboxylic acids is 1. The summed E-state index contributed by atoms with van der Waals surface area (Å²) in [5, 5.41) is 0. The van der Waals surface area contributed by atoms with Crippen LogP contribution in [0.1, 0.15) is 18.9 Å². The minimum atomic E-state index is -0.314. The molecule has 6 heteroatoms. The molecule has 0 amide bonds. The van der Waals surface area contributed by atoms with Gasteiger partial charge in [0, 0.05) is 11.6 Å². The van der Waals surface area contributed by atoms with Crippen LogP contribution in [0.2, 0.25) is 0 Å². The van der Waals surface area contributed by atoms with Crippen molar-refractivity contribution in [3.8, 4) is 16.9 Å². The summed E-state index contributed by atoms with van der Waals surface area (Å²) in [7, 11) is 1.56. The predicted octanol–water partition coefficient (Wildman–Crippen LogP) is 3.75. The van der Waals surface area contributed by atoms with Gasteiger partial charge in [0.1, 0.15) is 11.6 Å².